The van der Waals surface area contributed by atoms with Gasteiger partial charge in [0, 0.05) is 30.7 Å². The van der Waals surface area contributed by atoms with Crippen LogP contribution in [-0.4, -0.2) is 40.3 Å². The van der Waals surface area contributed by atoms with Gasteiger partial charge in [-0.1, -0.05) is 26.0 Å². The van der Waals surface area contributed by atoms with Gasteiger partial charge in [-0.3, -0.25) is 9.59 Å². The highest BCUT2D eigenvalue weighted by Gasteiger charge is 2.22. The smallest absolute Gasteiger partial charge is 0.294 e. The Morgan fingerprint density at radius 1 is 1.10 bits per heavy atom. The number of benzene rings is 1. The molecule has 0 spiro atoms. The third kappa shape index (κ3) is 3.33. The van der Waals surface area contributed by atoms with Crippen LogP contribution in [-0.2, 0) is 16.6 Å². The van der Waals surface area contributed by atoms with Crippen molar-refractivity contribution in [3.05, 3.63) is 69.1 Å². The molecule has 10 heteroatoms. The zero-order valence-electron chi connectivity index (χ0n) is 16.5. The van der Waals surface area contributed by atoms with Crippen molar-refractivity contribution in [2.75, 3.05) is 13.1 Å². The molecule has 1 aromatic carbocycles. The molecule has 3 heterocycles. The van der Waals surface area contributed by atoms with Gasteiger partial charge < -0.3 is 14.0 Å². The summed E-state index contributed by atoms with van der Waals surface area (Å²) in [6.45, 7) is 4.03. The molecule has 0 atom stereocenters. The lowest BCUT2D eigenvalue weighted by molar-refractivity contribution is 0.444. The number of rotatable bonds is 6. The Labute approximate surface area is 171 Å². The van der Waals surface area contributed by atoms with Gasteiger partial charge in [0.2, 0.25) is 15.6 Å². The lowest BCUT2D eigenvalue weighted by atomic mass is 10.2. The number of hydrogen-bond acceptors (Lipinski definition) is 6. The van der Waals surface area contributed by atoms with Gasteiger partial charge in [-0.15, -0.1) is 0 Å². The van der Waals surface area contributed by atoms with E-state index in [0.717, 1.165) is 0 Å². The van der Waals surface area contributed by atoms with Crippen molar-refractivity contribution in [1.29, 1.82) is 0 Å². The van der Waals surface area contributed by atoms with Gasteiger partial charge in [0.05, 0.1) is 11.4 Å². The summed E-state index contributed by atoms with van der Waals surface area (Å²) >= 11 is 0. The number of aromatic amines is 1. The van der Waals surface area contributed by atoms with Gasteiger partial charge in [0.15, 0.2) is 0 Å². The van der Waals surface area contributed by atoms with Crippen molar-refractivity contribution in [2.45, 2.75) is 25.3 Å². The summed E-state index contributed by atoms with van der Waals surface area (Å²) in [6.07, 6.45) is 1.27. The Morgan fingerprint density at radius 3 is 2.57 bits per heavy atom. The summed E-state index contributed by atoms with van der Waals surface area (Å²) in [4.78, 5) is 31.9. The maximum absolute atomic E-state index is 12.8. The number of hydrogen-bond donors (Lipinski definition) is 1. The molecule has 1 N–H and O–H groups in total. The Kier molecular flexibility index (Phi) is 5.04. The van der Waals surface area contributed by atoms with Gasteiger partial charge in [-0.25, -0.2) is 13.4 Å². The van der Waals surface area contributed by atoms with Crippen molar-refractivity contribution in [3.8, 4) is 0 Å². The SMILES string of the molecule is CCN(CC)S(=O)(=O)c1ccc(=O)n(Cc2nc3c(oc4ccccc43)c(=O)[nH]2)c1. The van der Waals surface area contributed by atoms with Crippen LogP contribution in [0, 0.1) is 0 Å². The average molecular weight is 428 g/mol. The quantitative estimate of drug-likeness (QED) is 0.501. The molecule has 0 amide bonds. The van der Waals surface area contributed by atoms with Gasteiger partial charge >= 0.3 is 0 Å². The van der Waals surface area contributed by atoms with Crippen LogP contribution in [0.15, 0.2) is 61.5 Å². The number of furan rings is 1. The molecule has 0 saturated heterocycles. The van der Waals surface area contributed by atoms with Crippen LogP contribution in [0.2, 0.25) is 0 Å². The second-order valence-corrected chi connectivity index (χ2v) is 8.65. The molecule has 9 nitrogen and oxygen atoms in total. The number of H-pyrrole nitrogens is 1. The summed E-state index contributed by atoms with van der Waals surface area (Å²) in [5.74, 6) is 0.221. The zero-order valence-corrected chi connectivity index (χ0v) is 17.3. The Morgan fingerprint density at radius 2 is 1.83 bits per heavy atom. The summed E-state index contributed by atoms with van der Waals surface area (Å²) in [5, 5.41) is 0.685. The minimum atomic E-state index is -3.73. The van der Waals surface area contributed by atoms with E-state index in [9.17, 15) is 18.0 Å². The number of pyridine rings is 1. The molecular formula is C20H20N4O5S. The number of aromatic nitrogens is 3. The molecule has 0 aliphatic rings. The summed E-state index contributed by atoms with van der Waals surface area (Å²) in [6, 6.07) is 9.62. The molecule has 0 saturated carbocycles. The van der Waals surface area contributed by atoms with Crippen molar-refractivity contribution in [2.24, 2.45) is 0 Å². The predicted molar refractivity (Wildman–Crippen MR) is 112 cm³/mol. The molecule has 4 rings (SSSR count). The molecule has 0 radical (unpaired) electrons. The first-order chi connectivity index (χ1) is 14.3. The Hall–Kier alpha value is -3.24. The molecule has 0 aliphatic carbocycles. The first kappa shape index (κ1) is 20.0. The highest BCUT2D eigenvalue weighted by Crippen LogP contribution is 2.24. The fourth-order valence-corrected chi connectivity index (χ4v) is 4.86. The van der Waals surface area contributed by atoms with E-state index in [1.807, 2.05) is 6.07 Å². The number of nitrogens with one attached hydrogen (secondary N) is 1. The molecule has 4 aromatic rings. The maximum Gasteiger partial charge on any atom is 0.294 e. The maximum atomic E-state index is 12.8. The van der Waals surface area contributed by atoms with Gasteiger partial charge in [-0.2, -0.15) is 4.31 Å². The van der Waals surface area contributed by atoms with E-state index in [1.54, 1.807) is 32.0 Å². The fourth-order valence-electron chi connectivity index (χ4n) is 3.38. The van der Waals surface area contributed by atoms with Crippen LogP contribution in [0.1, 0.15) is 19.7 Å². The number of nitrogens with zero attached hydrogens (tertiary/aromatic N) is 3. The molecule has 30 heavy (non-hydrogen) atoms. The van der Waals surface area contributed by atoms with Crippen LogP contribution in [0.3, 0.4) is 0 Å². The molecule has 3 aromatic heterocycles. The highest BCUT2D eigenvalue weighted by molar-refractivity contribution is 7.89. The van der Waals surface area contributed by atoms with Gasteiger partial charge in [0.1, 0.15) is 16.9 Å². The fraction of sp³-hybridized carbons (Fsp3) is 0.250. The van der Waals surface area contributed by atoms with E-state index in [1.165, 1.54) is 27.2 Å². The van der Waals surface area contributed by atoms with Crippen molar-refractivity contribution in [1.82, 2.24) is 18.8 Å². The van der Waals surface area contributed by atoms with Crippen LogP contribution < -0.4 is 11.1 Å². The van der Waals surface area contributed by atoms with E-state index in [-0.39, 0.29) is 22.8 Å². The van der Waals surface area contributed by atoms with E-state index in [2.05, 4.69) is 9.97 Å². The van der Waals surface area contributed by atoms with E-state index < -0.39 is 21.1 Å². The largest absolute Gasteiger partial charge is 0.449 e. The number of para-hydroxylation sites is 1. The third-order valence-corrected chi connectivity index (χ3v) is 6.93. The van der Waals surface area contributed by atoms with Gasteiger partial charge in [0.25, 0.3) is 11.1 Å². The predicted octanol–water partition coefficient (Wildman–Crippen LogP) is 1.91. The molecule has 0 aliphatic heterocycles. The minimum Gasteiger partial charge on any atom is -0.449 e. The van der Waals surface area contributed by atoms with Crippen molar-refractivity contribution < 1.29 is 12.8 Å². The van der Waals surface area contributed by atoms with Crippen molar-refractivity contribution >= 4 is 32.1 Å². The van der Waals surface area contributed by atoms with Crippen LogP contribution in [0.5, 0.6) is 0 Å². The topological polar surface area (TPSA) is 118 Å². The van der Waals surface area contributed by atoms with E-state index in [0.29, 0.717) is 29.6 Å². The molecule has 0 fully saturated rings. The lowest BCUT2D eigenvalue weighted by Crippen LogP contribution is -2.32. The molecule has 0 unspecified atom stereocenters. The third-order valence-electron chi connectivity index (χ3n) is 4.90. The lowest BCUT2D eigenvalue weighted by Gasteiger charge is -2.19. The standard InChI is InChI=1S/C20H20N4O5S/c1-3-24(4-2)30(27,28)13-9-10-17(25)23(11-13)12-16-21-18-14-7-5-6-8-15(14)29-19(18)20(26)22-16/h5-11H,3-4,12H2,1-2H3,(H,21,22,26). The van der Waals surface area contributed by atoms with Crippen LogP contribution >= 0.6 is 0 Å². The van der Waals surface area contributed by atoms with E-state index >= 15 is 0 Å². The monoisotopic (exact) mass is 428 g/mol. The Balaban J connectivity index is 1.80. The van der Waals surface area contributed by atoms with Crippen molar-refractivity contribution in [3.63, 3.8) is 0 Å². The van der Waals surface area contributed by atoms with Crippen LogP contribution in [0.4, 0.5) is 0 Å². The Bertz CT molecular complexity index is 1460. The normalized spacial score (nSPS) is 12.2. The first-order valence-electron chi connectivity index (χ1n) is 9.46. The summed E-state index contributed by atoms with van der Waals surface area (Å²) < 4.78 is 33.6. The van der Waals surface area contributed by atoms with Crippen LogP contribution in [0.25, 0.3) is 22.1 Å². The number of sulfonamides is 1. The number of fused-ring (bicyclic) bond motifs is 3. The second kappa shape index (κ2) is 7.54. The van der Waals surface area contributed by atoms with E-state index in [4.69, 9.17) is 4.42 Å². The molecular weight excluding hydrogens is 408 g/mol. The minimum absolute atomic E-state index is 0.00276. The second-order valence-electron chi connectivity index (χ2n) is 6.71. The molecule has 0 bridgehead atoms. The highest BCUT2D eigenvalue weighted by atomic mass is 32.2. The average Bonchev–Trinajstić information content (AvgIpc) is 3.10. The first-order valence-corrected chi connectivity index (χ1v) is 10.9. The molecule has 156 valence electrons. The zero-order chi connectivity index (χ0) is 21.5. The summed E-state index contributed by atoms with van der Waals surface area (Å²) in [7, 11) is -3.73. The summed E-state index contributed by atoms with van der Waals surface area (Å²) in [5.41, 5.74) is 0.154. The van der Waals surface area contributed by atoms with Gasteiger partial charge in [-0.05, 0) is 18.2 Å².